The monoisotopic (exact) mass is 386 g/mol. The quantitative estimate of drug-likeness (QED) is 0.767. The number of anilines is 1. The van der Waals surface area contributed by atoms with Crippen molar-refractivity contribution in [2.75, 3.05) is 57.3 Å². The molecule has 0 saturated carbocycles. The molecule has 8 heteroatoms. The van der Waals surface area contributed by atoms with Gasteiger partial charge >= 0.3 is 6.03 Å². The fourth-order valence-corrected chi connectivity index (χ4v) is 3.99. The highest BCUT2D eigenvalue weighted by Crippen LogP contribution is 2.20. The van der Waals surface area contributed by atoms with E-state index in [-0.39, 0.29) is 30.5 Å². The summed E-state index contributed by atoms with van der Waals surface area (Å²) < 4.78 is 5.47. The van der Waals surface area contributed by atoms with Crippen molar-refractivity contribution in [2.45, 2.75) is 18.9 Å². The average molecular weight is 386 g/mol. The van der Waals surface area contributed by atoms with E-state index in [1.807, 2.05) is 30.3 Å². The molecule has 3 aliphatic rings. The van der Waals surface area contributed by atoms with Gasteiger partial charge in [0.15, 0.2) is 0 Å². The number of para-hydroxylation sites is 1. The van der Waals surface area contributed by atoms with Crippen LogP contribution < -0.4 is 4.90 Å². The third kappa shape index (κ3) is 3.82. The van der Waals surface area contributed by atoms with Crippen molar-refractivity contribution in [3.63, 3.8) is 0 Å². The van der Waals surface area contributed by atoms with E-state index in [4.69, 9.17) is 4.74 Å². The van der Waals surface area contributed by atoms with E-state index in [0.717, 1.165) is 18.5 Å². The van der Waals surface area contributed by atoms with E-state index in [9.17, 15) is 14.4 Å². The zero-order chi connectivity index (χ0) is 19.5. The molecule has 3 heterocycles. The summed E-state index contributed by atoms with van der Waals surface area (Å²) in [6.07, 6.45) is 1.40. The van der Waals surface area contributed by atoms with Crippen LogP contribution in [-0.4, -0.2) is 91.1 Å². The molecule has 1 unspecified atom stereocenters. The number of amides is 4. The molecule has 28 heavy (non-hydrogen) atoms. The smallest absolute Gasteiger partial charge is 0.325 e. The summed E-state index contributed by atoms with van der Waals surface area (Å²) in [5.74, 6) is -0.0229. The highest BCUT2D eigenvalue weighted by atomic mass is 16.5. The number of hydrogen-bond acceptors (Lipinski definition) is 4. The molecule has 4 rings (SSSR count). The van der Waals surface area contributed by atoms with Crippen molar-refractivity contribution in [1.29, 1.82) is 0 Å². The van der Waals surface area contributed by atoms with Crippen LogP contribution in [0.2, 0.25) is 0 Å². The molecule has 1 aromatic rings. The number of carbonyl (C=O) groups excluding carboxylic acids is 3. The van der Waals surface area contributed by atoms with Gasteiger partial charge in [0.05, 0.1) is 0 Å². The van der Waals surface area contributed by atoms with E-state index in [1.165, 1.54) is 0 Å². The fraction of sp³-hybridized carbons (Fsp3) is 0.550. The normalized spacial score (nSPS) is 22.9. The lowest BCUT2D eigenvalue weighted by atomic mass is 10.2. The molecule has 0 bridgehead atoms. The van der Waals surface area contributed by atoms with Crippen molar-refractivity contribution in [1.82, 2.24) is 14.7 Å². The van der Waals surface area contributed by atoms with E-state index in [2.05, 4.69) is 0 Å². The second-order valence-corrected chi connectivity index (χ2v) is 7.40. The molecular weight excluding hydrogens is 360 g/mol. The van der Waals surface area contributed by atoms with E-state index < -0.39 is 0 Å². The Labute approximate surface area is 164 Å². The lowest BCUT2D eigenvalue weighted by Gasteiger charge is -2.36. The van der Waals surface area contributed by atoms with Gasteiger partial charge < -0.3 is 19.4 Å². The minimum absolute atomic E-state index is 0.0397. The van der Waals surface area contributed by atoms with Crippen LogP contribution in [0.15, 0.2) is 30.3 Å². The van der Waals surface area contributed by atoms with Crippen LogP contribution in [0.4, 0.5) is 10.5 Å². The molecule has 1 aromatic carbocycles. The molecule has 0 N–H and O–H groups in total. The number of piperazine rings is 1. The predicted octanol–water partition coefficient (Wildman–Crippen LogP) is 0.778. The molecule has 4 amide bonds. The fourth-order valence-electron chi connectivity index (χ4n) is 3.99. The number of hydrogen-bond donors (Lipinski definition) is 0. The van der Waals surface area contributed by atoms with Crippen LogP contribution in [0.5, 0.6) is 0 Å². The molecular formula is C20H26N4O4. The van der Waals surface area contributed by atoms with Crippen LogP contribution in [0.25, 0.3) is 0 Å². The van der Waals surface area contributed by atoms with Gasteiger partial charge in [-0.15, -0.1) is 0 Å². The standard InChI is InChI=1S/C20H26N4O4/c25-18(15-23-12-13-24(20(23)27)16-5-2-1-3-6-16)21-8-10-22(11-9-21)19(26)17-7-4-14-28-17/h1-3,5-6,17H,4,7-15H2. The van der Waals surface area contributed by atoms with Crippen LogP contribution in [0.1, 0.15) is 12.8 Å². The molecule has 150 valence electrons. The first kappa shape index (κ1) is 18.7. The Morgan fingerprint density at radius 1 is 0.964 bits per heavy atom. The zero-order valence-electron chi connectivity index (χ0n) is 16.0. The van der Waals surface area contributed by atoms with Gasteiger partial charge in [0.1, 0.15) is 12.6 Å². The molecule has 3 saturated heterocycles. The van der Waals surface area contributed by atoms with Gasteiger partial charge in [0.2, 0.25) is 5.91 Å². The van der Waals surface area contributed by atoms with Crippen LogP contribution in [0.3, 0.4) is 0 Å². The average Bonchev–Trinajstić information content (AvgIpc) is 3.39. The summed E-state index contributed by atoms with van der Waals surface area (Å²) in [5.41, 5.74) is 0.851. The summed E-state index contributed by atoms with van der Waals surface area (Å²) >= 11 is 0. The number of ether oxygens (including phenoxy) is 1. The van der Waals surface area contributed by atoms with Crippen molar-refractivity contribution >= 4 is 23.5 Å². The first-order valence-corrected chi connectivity index (χ1v) is 9.93. The predicted molar refractivity (Wildman–Crippen MR) is 103 cm³/mol. The van der Waals surface area contributed by atoms with Gasteiger partial charge in [-0.05, 0) is 25.0 Å². The van der Waals surface area contributed by atoms with Gasteiger partial charge in [-0.25, -0.2) is 4.79 Å². The minimum atomic E-state index is -0.312. The van der Waals surface area contributed by atoms with Crippen molar-refractivity contribution in [3.05, 3.63) is 30.3 Å². The first-order chi connectivity index (χ1) is 13.6. The van der Waals surface area contributed by atoms with Gasteiger partial charge in [-0.3, -0.25) is 14.5 Å². The Balaban J connectivity index is 1.27. The topological polar surface area (TPSA) is 73.4 Å². The molecule has 0 aromatic heterocycles. The second kappa shape index (κ2) is 8.18. The summed E-state index contributed by atoms with van der Waals surface area (Å²) in [5, 5.41) is 0. The summed E-state index contributed by atoms with van der Waals surface area (Å²) in [7, 11) is 0. The number of urea groups is 1. The Morgan fingerprint density at radius 2 is 1.68 bits per heavy atom. The van der Waals surface area contributed by atoms with Gasteiger partial charge in [-0.2, -0.15) is 0 Å². The van der Waals surface area contributed by atoms with Crippen molar-refractivity contribution < 1.29 is 19.1 Å². The number of nitrogens with zero attached hydrogens (tertiary/aromatic N) is 4. The SMILES string of the molecule is O=C(CN1CCN(c2ccccc2)C1=O)N1CCN(C(=O)C2CCCO2)CC1. The molecule has 0 radical (unpaired) electrons. The maximum absolute atomic E-state index is 12.7. The Kier molecular flexibility index (Phi) is 5.47. The number of benzene rings is 1. The van der Waals surface area contributed by atoms with E-state index in [0.29, 0.717) is 45.9 Å². The summed E-state index contributed by atoms with van der Waals surface area (Å²) in [6.45, 7) is 3.91. The zero-order valence-corrected chi connectivity index (χ0v) is 16.0. The molecule has 3 aliphatic heterocycles. The maximum Gasteiger partial charge on any atom is 0.325 e. The highest BCUT2D eigenvalue weighted by molar-refractivity contribution is 5.96. The van der Waals surface area contributed by atoms with Crippen LogP contribution in [0, 0.1) is 0 Å². The molecule has 8 nitrogen and oxygen atoms in total. The molecule has 1 atom stereocenters. The highest BCUT2D eigenvalue weighted by Gasteiger charge is 2.34. The Morgan fingerprint density at radius 3 is 2.36 bits per heavy atom. The second-order valence-electron chi connectivity index (χ2n) is 7.40. The summed E-state index contributed by atoms with van der Waals surface area (Å²) in [6, 6.07) is 9.36. The number of carbonyl (C=O) groups is 3. The van der Waals surface area contributed by atoms with E-state index in [1.54, 1.807) is 19.6 Å². The summed E-state index contributed by atoms with van der Waals surface area (Å²) in [4.78, 5) is 44.5. The lowest BCUT2D eigenvalue weighted by molar-refractivity contribution is -0.146. The van der Waals surface area contributed by atoms with Crippen LogP contribution in [-0.2, 0) is 14.3 Å². The van der Waals surface area contributed by atoms with Gasteiger partial charge in [0, 0.05) is 51.6 Å². The van der Waals surface area contributed by atoms with Crippen LogP contribution >= 0.6 is 0 Å². The minimum Gasteiger partial charge on any atom is -0.368 e. The lowest BCUT2D eigenvalue weighted by Crippen LogP contribution is -2.54. The first-order valence-electron chi connectivity index (χ1n) is 9.93. The van der Waals surface area contributed by atoms with Crippen molar-refractivity contribution in [2.24, 2.45) is 0 Å². The van der Waals surface area contributed by atoms with Gasteiger partial charge in [-0.1, -0.05) is 18.2 Å². The Bertz CT molecular complexity index is 727. The molecule has 0 aliphatic carbocycles. The largest absolute Gasteiger partial charge is 0.368 e. The third-order valence-electron chi connectivity index (χ3n) is 5.64. The van der Waals surface area contributed by atoms with Gasteiger partial charge in [0.25, 0.3) is 5.91 Å². The molecule has 3 fully saturated rings. The Hall–Kier alpha value is -2.61. The third-order valence-corrected chi connectivity index (χ3v) is 5.64. The number of rotatable bonds is 4. The maximum atomic E-state index is 12.7. The van der Waals surface area contributed by atoms with Crippen molar-refractivity contribution in [3.8, 4) is 0 Å². The van der Waals surface area contributed by atoms with E-state index >= 15 is 0 Å². The molecule has 0 spiro atoms.